The largest absolute Gasteiger partial charge is 0.495 e. The Balaban J connectivity index is 1.09. The second-order valence-corrected chi connectivity index (χ2v) is 14.5. The highest BCUT2D eigenvalue weighted by Gasteiger charge is 2.55. The summed E-state index contributed by atoms with van der Waals surface area (Å²) in [5.41, 5.74) is 0.756. The molecule has 0 bridgehead atoms. The SMILES string of the molecule is COc1cc(C(=O)NCC2CC23CCN(C(=O)OC(C)(C)C)CC3)ccc1Nc1ncc2c(n1)N(C1CCCC1)CC(F)(F)C(=O)N2C. The number of piperidine rings is 1. The Morgan fingerprint density at radius 3 is 2.50 bits per heavy atom. The normalized spacial score (nSPS) is 21.9. The molecule has 3 heterocycles. The number of fused-ring (bicyclic) bond motifs is 1. The number of carbonyl (C=O) groups excluding carboxylic acids is 3. The summed E-state index contributed by atoms with van der Waals surface area (Å²) in [4.78, 5) is 51.4. The van der Waals surface area contributed by atoms with Gasteiger partial charge >= 0.3 is 12.0 Å². The topological polar surface area (TPSA) is 129 Å². The molecule has 1 spiro atoms. The van der Waals surface area contributed by atoms with Crippen LogP contribution in [0.2, 0.25) is 0 Å². The molecule has 1 aromatic heterocycles. The summed E-state index contributed by atoms with van der Waals surface area (Å²) in [6.45, 7) is 6.69. The Kier molecular flexibility index (Phi) is 8.88. The molecule has 48 heavy (non-hydrogen) atoms. The van der Waals surface area contributed by atoms with Crippen molar-refractivity contribution in [1.82, 2.24) is 20.2 Å². The Morgan fingerprint density at radius 1 is 1.12 bits per heavy atom. The molecule has 2 aliphatic heterocycles. The predicted molar refractivity (Wildman–Crippen MR) is 176 cm³/mol. The van der Waals surface area contributed by atoms with Gasteiger partial charge in [-0.05, 0) is 82.4 Å². The highest BCUT2D eigenvalue weighted by molar-refractivity contribution is 6.02. The zero-order chi connectivity index (χ0) is 34.4. The van der Waals surface area contributed by atoms with Crippen LogP contribution in [-0.4, -0.2) is 90.7 Å². The van der Waals surface area contributed by atoms with Crippen LogP contribution in [0.25, 0.3) is 0 Å². The Hall–Kier alpha value is -4.23. The van der Waals surface area contributed by atoms with E-state index in [4.69, 9.17) is 9.47 Å². The van der Waals surface area contributed by atoms with Crippen LogP contribution in [0.5, 0.6) is 5.75 Å². The smallest absolute Gasteiger partial charge is 0.410 e. The third-order valence-electron chi connectivity index (χ3n) is 10.1. The predicted octanol–water partition coefficient (Wildman–Crippen LogP) is 5.36. The molecule has 0 radical (unpaired) electrons. The fraction of sp³-hybridized carbons (Fsp3) is 0.618. The first-order chi connectivity index (χ1) is 22.7. The van der Waals surface area contributed by atoms with Crippen molar-refractivity contribution in [3.05, 3.63) is 30.0 Å². The number of rotatable bonds is 7. The van der Waals surface area contributed by atoms with Gasteiger partial charge in [0.2, 0.25) is 5.95 Å². The van der Waals surface area contributed by atoms with Crippen LogP contribution in [0.4, 0.5) is 36.7 Å². The third-order valence-corrected chi connectivity index (χ3v) is 10.1. The Morgan fingerprint density at radius 2 is 1.83 bits per heavy atom. The summed E-state index contributed by atoms with van der Waals surface area (Å²) in [6, 6.07) is 4.83. The molecule has 1 unspecified atom stereocenters. The molecule has 2 saturated carbocycles. The van der Waals surface area contributed by atoms with Gasteiger partial charge in [0.05, 0.1) is 25.5 Å². The lowest BCUT2D eigenvalue weighted by Gasteiger charge is -2.34. The number of alkyl halides is 2. The van der Waals surface area contributed by atoms with Gasteiger partial charge < -0.3 is 34.8 Å². The van der Waals surface area contributed by atoms with Gasteiger partial charge in [0.1, 0.15) is 17.0 Å². The van der Waals surface area contributed by atoms with Gasteiger partial charge in [0, 0.05) is 38.3 Å². The van der Waals surface area contributed by atoms with E-state index in [2.05, 4.69) is 20.6 Å². The quantitative estimate of drug-likeness (QED) is 0.401. The average molecular weight is 670 g/mol. The van der Waals surface area contributed by atoms with Crippen molar-refractivity contribution >= 4 is 41.0 Å². The van der Waals surface area contributed by atoms with E-state index in [-0.39, 0.29) is 40.9 Å². The Labute approximate surface area is 279 Å². The lowest BCUT2D eigenvalue weighted by Crippen LogP contribution is -2.48. The van der Waals surface area contributed by atoms with Crippen molar-refractivity contribution in [2.75, 3.05) is 55.5 Å². The average Bonchev–Trinajstić information content (AvgIpc) is 3.44. The number of likely N-dealkylation sites (tertiary alicyclic amines) is 1. The minimum Gasteiger partial charge on any atom is -0.495 e. The van der Waals surface area contributed by atoms with Gasteiger partial charge in [-0.1, -0.05) is 12.8 Å². The summed E-state index contributed by atoms with van der Waals surface area (Å²) >= 11 is 0. The molecule has 3 amide bonds. The number of aromatic nitrogens is 2. The highest BCUT2D eigenvalue weighted by Crippen LogP contribution is 2.59. The van der Waals surface area contributed by atoms with E-state index in [0.29, 0.717) is 42.6 Å². The van der Waals surface area contributed by atoms with Crippen molar-refractivity contribution in [3.8, 4) is 5.75 Å². The van der Waals surface area contributed by atoms with E-state index in [1.807, 2.05) is 20.8 Å². The van der Waals surface area contributed by atoms with Crippen LogP contribution in [0.15, 0.2) is 24.4 Å². The summed E-state index contributed by atoms with van der Waals surface area (Å²) < 4.78 is 41.0. The number of amides is 3. The van der Waals surface area contributed by atoms with Crippen LogP contribution in [0, 0.1) is 11.3 Å². The molecule has 1 saturated heterocycles. The van der Waals surface area contributed by atoms with E-state index < -0.39 is 24.0 Å². The van der Waals surface area contributed by atoms with Crippen LogP contribution in [0.3, 0.4) is 0 Å². The van der Waals surface area contributed by atoms with Gasteiger partial charge in [-0.2, -0.15) is 13.8 Å². The lowest BCUT2D eigenvalue weighted by molar-refractivity contribution is -0.140. The highest BCUT2D eigenvalue weighted by atomic mass is 19.3. The van der Waals surface area contributed by atoms with E-state index in [0.717, 1.165) is 49.8 Å². The van der Waals surface area contributed by atoms with Crippen LogP contribution in [-0.2, 0) is 9.53 Å². The van der Waals surface area contributed by atoms with Crippen LogP contribution < -0.4 is 25.2 Å². The molecule has 6 rings (SSSR count). The first-order valence-electron chi connectivity index (χ1n) is 16.7. The van der Waals surface area contributed by atoms with Crippen molar-refractivity contribution in [2.45, 2.75) is 83.3 Å². The van der Waals surface area contributed by atoms with Crippen molar-refractivity contribution in [2.24, 2.45) is 11.3 Å². The third kappa shape index (κ3) is 6.84. The van der Waals surface area contributed by atoms with E-state index in [1.165, 1.54) is 20.4 Å². The molecule has 12 nitrogen and oxygen atoms in total. The number of methoxy groups -OCH3 is 1. The maximum Gasteiger partial charge on any atom is 0.410 e. The fourth-order valence-electron chi connectivity index (χ4n) is 7.27. The van der Waals surface area contributed by atoms with E-state index in [1.54, 1.807) is 28.0 Å². The number of hydrogen-bond donors (Lipinski definition) is 2. The van der Waals surface area contributed by atoms with Gasteiger partial charge in [-0.15, -0.1) is 0 Å². The first kappa shape index (κ1) is 33.7. The zero-order valence-corrected chi connectivity index (χ0v) is 28.3. The van der Waals surface area contributed by atoms with Crippen LogP contribution >= 0.6 is 0 Å². The molecule has 2 aromatic rings. The molecule has 4 aliphatic rings. The maximum absolute atomic E-state index is 14.9. The molecular weight excluding hydrogens is 624 g/mol. The van der Waals surface area contributed by atoms with Gasteiger partial charge in [0.15, 0.2) is 5.82 Å². The molecule has 3 fully saturated rings. The number of hydrogen-bond acceptors (Lipinski definition) is 9. The summed E-state index contributed by atoms with van der Waals surface area (Å²) in [6.07, 6.45) is 7.23. The number of halogens is 2. The number of benzene rings is 1. The molecule has 1 aromatic carbocycles. The van der Waals surface area contributed by atoms with E-state index in [9.17, 15) is 23.2 Å². The zero-order valence-electron chi connectivity index (χ0n) is 28.3. The Bertz CT molecular complexity index is 1570. The molecule has 14 heteroatoms. The summed E-state index contributed by atoms with van der Waals surface area (Å²) in [7, 11) is 2.80. The monoisotopic (exact) mass is 669 g/mol. The molecule has 2 aliphatic carbocycles. The van der Waals surface area contributed by atoms with Gasteiger partial charge in [-0.25, -0.2) is 9.78 Å². The number of carbonyl (C=O) groups is 3. The fourth-order valence-corrected chi connectivity index (χ4v) is 7.27. The van der Waals surface area contributed by atoms with Crippen LogP contribution in [0.1, 0.15) is 76.1 Å². The number of ether oxygens (including phenoxy) is 2. The van der Waals surface area contributed by atoms with Gasteiger partial charge in [0.25, 0.3) is 11.8 Å². The van der Waals surface area contributed by atoms with E-state index >= 15 is 0 Å². The second kappa shape index (κ2) is 12.7. The van der Waals surface area contributed by atoms with Gasteiger partial charge in [-0.3, -0.25) is 9.59 Å². The number of anilines is 4. The van der Waals surface area contributed by atoms with Crippen molar-refractivity contribution in [3.63, 3.8) is 0 Å². The van der Waals surface area contributed by atoms with Crippen molar-refractivity contribution < 1.29 is 32.6 Å². The summed E-state index contributed by atoms with van der Waals surface area (Å²) in [5.74, 6) is -3.92. The molecule has 1 atom stereocenters. The summed E-state index contributed by atoms with van der Waals surface area (Å²) in [5, 5.41) is 6.17. The standard InChI is InChI=1S/C34H45F2N7O5/c1-32(2,3)48-31(46)42-14-12-33(13-15-42)17-22(33)18-37-28(44)21-10-11-24(26(16-21)47-5)39-30-38-19-25-27(40-30)43(23-8-6-7-9-23)20-34(35,36)29(45)41(25)4/h10-11,16,19,22-23H,6-9,12-15,17-18,20H2,1-5H3,(H,37,44)(H,38,39,40). The van der Waals surface area contributed by atoms with Crippen molar-refractivity contribution in [1.29, 1.82) is 0 Å². The number of nitrogens with one attached hydrogen (secondary N) is 2. The maximum atomic E-state index is 14.9. The molecule has 2 N–H and O–H groups in total. The first-order valence-corrected chi connectivity index (χ1v) is 16.7. The molecular formula is C34H45F2N7O5. The number of nitrogens with zero attached hydrogens (tertiary/aromatic N) is 5. The minimum atomic E-state index is -3.56. The minimum absolute atomic E-state index is 0.148. The lowest BCUT2D eigenvalue weighted by atomic mass is 9.91. The molecule has 260 valence electrons. The second-order valence-electron chi connectivity index (χ2n) is 14.5.